The van der Waals surface area contributed by atoms with Crippen molar-refractivity contribution in [3.8, 4) is 28.7 Å². The topological polar surface area (TPSA) is 238 Å². The summed E-state index contributed by atoms with van der Waals surface area (Å²) >= 11 is 0. The molecule has 2 bridgehead atoms. The van der Waals surface area contributed by atoms with Gasteiger partial charge in [-0.3, -0.25) is 33.6 Å². The molecule has 5 atom stereocenters. The number of likely N-dealkylation sites (N-methyl/N-ethyl adjacent to an activating group) is 1. The molecule has 21 heteroatoms. The van der Waals surface area contributed by atoms with Crippen molar-refractivity contribution in [2.45, 2.75) is 136 Å². The van der Waals surface area contributed by atoms with Gasteiger partial charge in [0.25, 0.3) is 5.91 Å². The Labute approximate surface area is 503 Å². The van der Waals surface area contributed by atoms with E-state index in [1.165, 1.54) is 28.7 Å². The van der Waals surface area contributed by atoms with Crippen LogP contribution in [0.1, 0.15) is 134 Å². The van der Waals surface area contributed by atoms with Crippen molar-refractivity contribution < 1.29 is 56.8 Å². The molecule has 0 saturated carbocycles. The molecule has 2 aliphatic heterocycles. The minimum Gasteiger partial charge on any atom is -0.491 e. The number of halogens is 1. The number of hydrogen-bond acceptors (Lipinski definition) is 15. The van der Waals surface area contributed by atoms with Gasteiger partial charge >= 0.3 is 0 Å². The first-order valence-electron chi connectivity index (χ1n) is 29.8. The second kappa shape index (κ2) is 30.1. The predicted molar refractivity (Wildman–Crippen MR) is 318 cm³/mol. The molecule has 0 fully saturated rings. The number of rotatable bonds is 26. The maximum atomic E-state index is 14.7. The maximum Gasteiger partial charge on any atom is 0.254 e. The molecule has 0 spiro atoms. The molecular formula is C65H82FN9O11. The van der Waals surface area contributed by atoms with E-state index in [1.54, 1.807) is 56.7 Å². The van der Waals surface area contributed by atoms with Gasteiger partial charge in [0.15, 0.2) is 0 Å². The molecule has 8 rings (SSSR count). The van der Waals surface area contributed by atoms with E-state index in [0.29, 0.717) is 104 Å². The van der Waals surface area contributed by atoms with Gasteiger partial charge in [-0.2, -0.15) is 10.4 Å². The second-order valence-electron chi connectivity index (χ2n) is 23.2. The standard InChI is InChI=1S/C65H82FN9O11/c1-41-58-35-46(38-69-41)59-55(40-73(8)63(79)52-21-19-48(66)36-53(52)43(3)86-58)72-75(57(59)37-67)23-12-15-49(76)22-24-81-25-26-82-27-28-83-29-30-84-31-32-85-50-20-18-45-34-56(62(78)70-54-17-11-14-44-13-9-10-16-51(44)54)74(39-47(45)33-50)64(80)60(65(4,5)6)71-61(77)42(2)68-7/h9-10,13,16,18-21,33,35-36,38,42-43,54,56,60,68H,11-12,14-15,17,22-32,34,39-40H2,1-8H3,(H,70,78)(H,71,77)/t42-,43-,54+,56-,60+/m1/s1. The fourth-order valence-corrected chi connectivity index (χ4v) is 11.0. The molecule has 4 heterocycles. The van der Waals surface area contributed by atoms with Crippen molar-refractivity contribution >= 4 is 29.4 Å². The quantitative estimate of drug-likeness (QED) is 0.0456. The molecule has 3 N–H and O–H groups in total. The molecule has 5 aromatic rings. The number of nitriles is 1. The molecule has 460 valence electrons. The zero-order chi connectivity index (χ0) is 61.5. The Morgan fingerprint density at radius 3 is 2.29 bits per heavy atom. The van der Waals surface area contributed by atoms with Crippen LogP contribution in [0.3, 0.4) is 0 Å². The Morgan fingerprint density at radius 1 is 0.872 bits per heavy atom. The van der Waals surface area contributed by atoms with Gasteiger partial charge in [-0.15, -0.1) is 0 Å². The third kappa shape index (κ3) is 16.5. The lowest BCUT2D eigenvalue weighted by Gasteiger charge is -2.41. The molecule has 2 aromatic heterocycles. The Hall–Kier alpha value is -7.61. The second-order valence-corrected chi connectivity index (χ2v) is 23.2. The van der Waals surface area contributed by atoms with Gasteiger partial charge < -0.3 is 54.2 Å². The number of aromatic nitrogens is 3. The van der Waals surface area contributed by atoms with E-state index >= 15 is 0 Å². The summed E-state index contributed by atoms with van der Waals surface area (Å²) in [5, 5.41) is 24.4. The number of nitrogens with zero attached hydrogens (tertiary/aromatic N) is 6. The third-order valence-electron chi connectivity index (χ3n) is 15.9. The smallest absolute Gasteiger partial charge is 0.254 e. The molecule has 86 heavy (non-hydrogen) atoms. The summed E-state index contributed by atoms with van der Waals surface area (Å²) in [5.41, 5.74) is 6.59. The first-order chi connectivity index (χ1) is 41.3. The maximum absolute atomic E-state index is 14.7. The summed E-state index contributed by atoms with van der Waals surface area (Å²) in [6.45, 7) is 14.4. The molecule has 1 aliphatic carbocycles. The molecule has 3 aliphatic rings. The average Bonchev–Trinajstić information content (AvgIpc) is 2.35. The van der Waals surface area contributed by atoms with Crippen LogP contribution in [-0.4, -0.2) is 146 Å². The van der Waals surface area contributed by atoms with E-state index in [1.807, 2.05) is 51.1 Å². The van der Waals surface area contributed by atoms with Crippen molar-refractivity contribution in [2.24, 2.45) is 5.41 Å². The summed E-state index contributed by atoms with van der Waals surface area (Å²) in [7, 11) is 3.31. The summed E-state index contributed by atoms with van der Waals surface area (Å²) in [5.74, 6) is -0.665. The number of Topliss-reactive ketones (excluding diaryl/α,β-unsaturated/α-hetero) is 1. The summed E-state index contributed by atoms with van der Waals surface area (Å²) < 4.78 is 51.1. The van der Waals surface area contributed by atoms with Crippen LogP contribution in [0.2, 0.25) is 0 Å². The number of carbonyl (C=O) groups excluding carboxylic acids is 5. The Bertz CT molecular complexity index is 3250. The van der Waals surface area contributed by atoms with Crippen molar-refractivity contribution in [3.05, 3.63) is 129 Å². The number of aryl methyl sites for hydroxylation is 3. The van der Waals surface area contributed by atoms with Crippen LogP contribution in [0.5, 0.6) is 11.5 Å². The number of amides is 4. The zero-order valence-electron chi connectivity index (χ0n) is 50.8. The van der Waals surface area contributed by atoms with Crippen molar-refractivity contribution in [1.29, 1.82) is 5.26 Å². The van der Waals surface area contributed by atoms with Gasteiger partial charge in [0, 0.05) is 67.9 Å². The fraction of sp³-hybridized carbons (Fsp3) is 0.508. The molecule has 0 unspecified atom stereocenters. The van der Waals surface area contributed by atoms with Crippen LogP contribution in [0, 0.1) is 29.5 Å². The largest absolute Gasteiger partial charge is 0.491 e. The molecule has 20 nitrogen and oxygen atoms in total. The van der Waals surface area contributed by atoms with Gasteiger partial charge in [0.05, 0.1) is 82.9 Å². The number of ether oxygens (including phenoxy) is 6. The number of nitrogens with one attached hydrogen (secondary N) is 3. The first kappa shape index (κ1) is 64.4. The van der Waals surface area contributed by atoms with Gasteiger partial charge in [-0.1, -0.05) is 51.1 Å². The zero-order valence-corrected chi connectivity index (χ0v) is 50.8. The van der Waals surface area contributed by atoms with Crippen molar-refractivity contribution in [3.63, 3.8) is 0 Å². The van der Waals surface area contributed by atoms with Crippen molar-refractivity contribution in [1.82, 2.24) is 40.5 Å². The van der Waals surface area contributed by atoms with Crippen LogP contribution < -0.4 is 25.4 Å². The number of hydrogen-bond donors (Lipinski definition) is 3. The van der Waals surface area contributed by atoms with E-state index in [2.05, 4.69) is 39.1 Å². The minimum absolute atomic E-state index is 0.00412. The predicted octanol–water partition coefficient (Wildman–Crippen LogP) is 7.46. The Kier molecular flexibility index (Phi) is 22.6. The lowest BCUT2D eigenvalue weighted by Crippen LogP contribution is -2.62. The monoisotopic (exact) mass is 1180 g/mol. The van der Waals surface area contributed by atoms with Gasteiger partial charge in [0.1, 0.15) is 59.7 Å². The van der Waals surface area contributed by atoms with E-state index < -0.39 is 35.5 Å². The number of carbonyl (C=O) groups is 5. The van der Waals surface area contributed by atoms with E-state index in [-0.39, 0.29) is 86.8 Å². The Morgan fingerprint density at radius 2 is 1.58 bits per heavy atom. The van der Waals surface area contributed by atoms with E-state index in [0.717, 1.165) is 36.0 Å². The van der Waals surface area contributed by atoms with Gasteiger partial charge in [0.2, 0.25) is 17.7 Å². The van der Waals surface area contributed by atoms with Crippen LogP contribution >= 0.6 is 0 Å². The Balaban J connectivity index is 0.718. The SMILES string of the molecule is CN[C@H](C)C(=O)N[C@@H](C(=O)N1Cc2cc(OCCOCCOCCOCCOCCC(=O)CCCn3nc4c(c3C#N)-c3cnc(C)c(c3)O[C@H](C)c3cc(F)ccc3C(=O)N(C)C4)ccc2C[C@@H]1C(=O)N[C@H]1CCCc2ccccc21)C(C)(C)C. The average molecular weight is 1180 g/mol. The number of ketones is 1. The van der Waals surface area contributed by atoms with Crippen molar-refractivity contribution in [2.75, 3.05) is 73.6 Å². The van der Waals surface area contributed by atoms with E-state index in [9.17, 15) is 33.6 Å². The van der Waals surface area contributed by atoms with Gasteiger partial charge in [-0.25, -0.2) is 4.39 Å². The highest BCUT2D eigenvalue weighted by molar-refractivity contribution is 5.96. The van der Waals surface area contributed by atoms with Gasteiger partial charge in [-0.05, 0) is 118 Å². The third-order valence-corrected chi connectivity index (χ3v) is 15.9. The van der Waals surface area contributed by atoms with Crippen LogP contribution in [0.4, 0.5) is 4.39 Å². The first-order valence-corrected chi connectivity index (χ1v) is 29.8. The highest BCUT2D eigenvalue weighted by Gasteiger charge is 2.43. The molecule has 0 saturated heterocycles. The fourth-order valence-electron chi connectivity index (χ4n) is 11.0. The number of fused-ring (bicyclic) bond motifs is 7. The lowest BCUT2D eigenvalue weighted by atomic mass is 9.83. The molecule has 3 aromatic carbocycles. The van der Waals surface area contributed by atoms with Crippen LogP contribution in [0.15, 0.2) is 72.9 Å². The lowest BCUT2D eigenvalue weighted by molar-refractivity contribution is -0.147. The number of benzene rings is 3. The highest BCUT2D eigenvalue weighted by Crippen LogP contribution is 2.37. The summed E-state index contributed by atoms with van der Waals surface area (Å²) in [6.07, 6.45) is 4.86. The van der Waals surface area contributed by atoms with Crippen LogP contribution in [0.25, 0.3) is 11.1 Å². The number of pyridine rings is 1. The van der Waals surface area contributed by atoms with Crippen LogP contribution in [-0.2, 0) is 70.6 Å². The highest BCUT2D eigenvalue weighted by atomic mass is 19.1. The summed E-state index contributed by atoms with van der Waals surface area (Å²) in [6, 6.07) is 19.6. The molecular weight excluding hydrogens is 1100 g/mol. The molecule has 0 radical (unpaired) electrons. The minimum atomic E-state index is -0.893. The summed E-state index contributed by atoms with van der Waals surface area (Å²) in [4.78, 5) is 76.5. The molecule has 4 amide bonds. The normalized spacial score (nSPS) is 17.3. The van der Waals surface area contributed by atoms with E-state index in [4.69, 9.17) is 33.5 Å².